The van der Waals surface area contributed by atoms with Gasteiger partial charge in [-0.15, -0.1) is 0 Å². The Kier molecular flexibility index (Phi) is 4.21. The van der Waals surface area contributed by atoms with Crippen molar-refractivity contribution in [1.29, 1.82) is 0 Å². The van der Waals surface area contributed by atoms with Gasteiger partial charge < -0.3 is 9.47 Å². The average molecular weight is 316 g/mol. The molecule has 0 saturated carbocycles. The standard InChI is InChI=1S/C12H11F3N4OS/c1-18(8-4-3-5-16-6-8)10(20)9-7-17-11(19(9)2)21-12(13,14)15/h3-7H,1-2H3. The van der Waals surface area contributed by atoms with Gasteiger partial charge in [0.2, 0.25) is 0 Å². The van der Waals surface area contributed by atoms with E-state index < -0.39 is 11.4 Å². The Morgan fingerprint density at radius 3 is 2.67 bits per heavy atom. The first-order valence-electron chi connectivity index (χ1n) is 5.75. The molecule has 9 heteroatoms. The number of aromatic nitrogens is 3. The summed E-state index contributed by atoms with van der Waals surface area (Å²) in [4.78, 5) is 21.1. The molecule has 0 bridgehead atoms. The second kappa shape index (κ2) is 5.76. The number of pyridine rings is 1. The summed E-state index contributed by atoms with van der Waals surface area (Å²) >= 11 is -0.358. The van der Waals surface area contributed by atoms with Crippen molar-refractivity contribution in [2.24, 2.45) is 7.05 Å². The molecular formula is C12H11F3N4OS. The summed E-state index contributed by atoms with van der Waals surface area (Å²) < 4.78 is 38.2. The zero-order chi connectivity index (χ0) is 15.6. The molecule has 5 nitrogen and oxygen atoms in total. The molecule has 2 aromatic rings. The number of rotatable bonds is 3. The van der Waals surface area contributed by atoms with E-state index in [0.29, 0.717) is 5.69 Å². The van der Waals surface area contributed by atoms with Gasteiger partial charge in [-0.25, -0.2) is 4.98 Å². The molecule has 1 amide bonds. The molecule has 2 rings (SSSR count). The maximum Gasteiger partial charge on any atom is 0.449 e. The lowest BCUT2D eigenvalue weighted by molar-refractivity contribution is -0.0332. The number of halogens is 3. The van der Waals surface area contributed by atoms with E-state index in [-0.39, 0.29) is 22.6 Å². The van der Waals surface area contributed by atoms with Crippen molar-refractivity contribution in [3.63, 3.8) is 0 Å². The van der Waals surface area contributed by atoms with Gasteiger partial charge in [0, 0.05) is 32.1 Å². The number of carbonyl (C=O) groups is 1. The monoisotopic (exact) mass is 316 g/mol. The molecule has 0 radical (unpaired) electrons. The summed E-state index contributed by atoms with van der Waals surface area (Å²) in [6.45, 7) is 0. The van der Waals surface area contributed by atoms with Crippen molar-refractivity contribution in [3.8, 4) is 0 Å². The third-order valence-electron chi connectivity index (χ3n) is 2.71. The molecule has 0 atom stereocenters. The minimum Gasteiger partial charge on any atom is -0.318 e. The van der Waals surface area contributed by atoms with E-state index in [0.717, 1.165) is 10.8 Å². The highest BCUT2D eigenvalue weighted by Gasteiger charge is 2.32. The van der Waals surface area contributed by atoms with Crippen LogP contribution in [0.3, 0.4) is 0 Å². The van der Waals surface area contributed by atoms with Crippen LogP contribution in [0.1, 0.15) is 10.5 Å². The predicted molar refractivity (Wildman–Crippen MR) is 72.1 cm³/mol. The van der Waals surface area contributed by atoms with Crippen LogP contribution >= 0.6 is 11.8 Å². The van der Waals surface area contributed by atoms with Crippen molar-refractivity contribution in [2.75, 3.05) is 11.9 Å². The first kappa shape index (κ1) is 15.4. The van der Waals surface area contributed by atoms with Gasteiger partial charge in [-0.2, -0.15) is 13.2 Å². The third kappa shape index (κ3) is 3.54. The Morgan fingerprint density at radius 1 is 1.38 bits per heavy atom. The third-order valence-corrected chi connectivity index (χ3v) is 3.50. The van der Waals surface area contributed by atoms with Crippen LogP contribution in [0.15, 0.2) is 35.9 Å². The lowest BCUT2D eigenvalue weighted by Gasteiger charge is -2.17. The number of imidazole rings is 1. The van der Waals surface area contributed by atoms with Gasteiger partial charge in [0.1, 0.15) is 5.69 Å². The summed E-state index contributed by atoms with van der Waals surface area (Å²) in [5, 5.41) is -0.287. The number of carbonyl (C=O) groups excluding carboxylic acids is 1. The zero-order valence-corrected chi connectivity index (χ0v) is 11.9. The molecule has 0 spiro atoms. The molecule has 0 saturated heterocycles. The van der Waals surface area contributed by atoms with E-state index in [1.807, 2.05) is 0 Å². The molecule has 0 unspecified atom stereocenters. The van der Waals surface area contributed by atoms with Crippen molar-refractivity contribution < 1.29 is 18.0 Å². The fraction of sp³-hybridized carbons (Fsp3) is 0.250. The second-order valence-corrected chi connectivity index (χ2v) is 5.14. The highest BCUT2D eigenvalue weighted by molar-refractivity contribution is 8.00. The number of amides is 1. The molecule has 0 aliphatic rings. The lowest BCUT2D eigenvalue weighted by atomic mass is 10.3. The molecule has 2 aromatic heterocycles. The molecule has 112 valence electrons. The Balaban J connectivity index is 2.25. The molecule has 21 heavy (non-hydrogen) atoms. The van der Waals surface area contributed by atoms with Gasteiger partial charge in [0.05, 0.1) is 18.1 Å². The number of hydrogen-bond donors (Lipinski definition) is 0. The topological polar surface area (TPSA) is 51.0 Å². The highest BCUT2D eigenvalue weighted by Crippen LogP contribution is 2.36. The zero-order valence-electron chi connectivity index (χ0n) is 11.1. The van der Waals surface area contributed by atoms with Gasteiger partial charge in [-0.05, 0) is 12.1 Å². The SMILES string of the molecule is CN(C(=O)c1cnc(SC(F)(F)F)n1C)c1cccnc1. The van der Waals surface area contributed by atoms with Crippen LogP contribution in [0, 0.1) is 0 Å². The van der Waals surface area contributed by atoms with Gasteiger partial charge in [0.25, 0.3) is 5.91 Å². The normalized spacial score (nSPS) is 11.5. The number of anilines is 1. The number of nitrogens with zero attached hydrogens (tertiary/aromatic N) is 4. The summed E-state index contributed by atoms with van der Waals surface area (Å²) in [6.07, 6.45) is 4.17. The van der Waals surface area contributed by atoms with Crippen molar-refractivity contribution >= 4 is 23.4 Å². The van der Waals surface area contributed by atoms with E-state index in [2.05, 4.69) is 9.97 Å². The second-order valence-electron chi connectivity index (χ2n) is 4.11. The fourth-order valence-electron chi connectivity index (χ4n) is 1.63. The fourth-order valence-corrected chi connectivity index (χ4v) is 2.18. The van der Waals surface area contributed by atoms with Crippen molar-refractivity contribution in [1.82, 2.24) is 14.5 Å². The van der Waals surface area contributed by atoms with E-state index in [1.54, 1.807) is 18.3 Å². The first-order chi connectivity index (χ1) is 9.79. The quantitative estimate of drug-likeness (QED) is 0.817. The molecule has 0 aliphatic carbocycles. The van der Waals surface area contributed by atoms with Gasteiger partial charge in [-0.3, -0.25) is 9.78 Å². The summed E-state index contributed by atoms with van der Waals surface area (Å²) in [5.74, 6) is -0.466. The van der Waals surface area contributed by atoms with Crippen LogP contribution in [0.2, 0.25) is 0 Å². The van der Waals surface area contributed by atoms with Gasteiger partial charge in [0.15, 0.2) is 5.16 Å². The molecule has 0 fully saturated rings. The van der Waals surface area contributed by atoms with Crippen LogP contribution in [0.5, 0.6) is 0 Å². The number of thioether (sulfide) groups is 1. The average Bonchev–Trinajstić information content (AvgIpc) is 2.78. The maximum absolute atomic E-state index is 12.4. The first-order valence-corrected chi connectivity index (χ1v) is 6.57. The Hall–Kier alpha value is -2.03. The van der Waals surface area contributed by atoms with Crippen LogP contribution in [-0.4, -0.2) is 33.0 Å². The molecule has 0 N–H and O–H groups in total. The van der Waals surface area contributed by atoms with E-state index in [9.17, 15) is 18.0 Å². The van der Waals surface area contributed by atoms with E-state index in [4.69, 9.17) is 0 Å². The maximum atomic E-state index is 12.4. The van der Waals surface area contributed by atoms with E-state index in [1.165, 1.54) is 25.2 Å². The Labute approximate surface area is 122 Å². The van der Waals surface area contributed by atoms with E-state index >= 15 is 0 Å². The largest absolute Gasteiger partial charge is 0.449 e. The van der Waals surface area contributed by atoms with Crippen LogP contribution < -0.4 is 4.90 Å². The predicted octanol–water partition coefficient (Wildman–Crippen LogP) is 2.70. The number of alkyl halides is 3. The Morgan fingerprint density at radius 2 is 2.10 bits per heavy atom. The van der Waals surface area contributed by atoms with Gasteiger partial charge >= 0.3 is 5.51 Å². The van der Waals surface area contributed by atoms with Crippen molar-refractivity contribution in [2.45, 2.75) is 10.7 Å². The molecule has 2 heterocycles. The minimum absolute atomic E-state index is 0.0631. The van der Waals surface area contributed by atoms with Crippen LogP contribution in [0.4, 0.5) is 18.9 Å². The summed E-state index contributed by atoms with van der Waals surface area (Å²) in [7, 11) is 2.88. The van der Waals surface area contributed by atoms with Crippen molar-refractivity contribution in [3.05, 3.63) is 36.4 Å². The van der Waals surface area contributed by atoms with Crippen LogP contribution in [-0.2, 0) is 7.05 Å². The minimum atomic E-state index is -4.45. The molecule has 0 aromatic carbocycles. The smallest absolute Gasteiger partial charge is 0.318 e. The molecular weight excluding hydrogens is 305 g/mol. The number of hydrogen-bond acceptors (Lipinski definition) is 4. The lowest BCUT2D eigenvalue weighted by Crippen LogP contribution is -2.28. The summed E-state index contributed by atoms with van der Waals surface area (Å²) in [6, 6.07) is 3.33. The molecule has 0 aliphatic heterocycles. The van der Waals surface area contributed by atoms with Crippen LogP contribution in [0.25, 0.3) is 0 Å². The Bertz CT molecular complexity index is 642. The summed E-state index contributed by atoms with van der Waals surface area (Å²) in [5.41, 5.74) is -3.85. The highest BCUT2D eigenvalue weighted by atomic mass is 32.2. The van der Waals surface area contributed by atoms with Gasteiger partial charge in [-0.1, -0.05) is 0 Å².